The van der Waals surface area contributed by atoms with Crippen LogP contribution in [0.3, 0.4) is 0 Å². The highest BCUT2D eigenvalue weighted by molar-refractivity contribution is 6.42. The molecule has 5 nitrogen and oxygen atoms in total. The summed E-state index contributed by atoms with van der Waals surface area (Å²) in [5.41, 5.74) is 1.09. The maximum atomic E-state index is 12.5. The number of benzene rings is 1. The van der Waals surface area contributed by atoms with E-state index < -0.39 is 11.6 Å². The van der Waals surface area contributed by atoms with Gasteiger partial charge in [-0.1, -0.05) is 0 Å². The standard InChI is InChI=1S/C17H22N2O3/c1-10-14(16(21)22-17(2,3)4)15-11(9-19(5)6)13(20)8-7-12(15)18-10/h7-9,20H,1-6H3. The molecule has 0 spiro atoms. The fourth-order valence-corrected chi connectivity index (χ4v) is 2.34. The van der Waals surface area contributed by atoms with Gasteiger partial charge in [-0.25, -0.2) is 4.79 Å². The minimum atomic E-state index is -0.588. The van der Waals surface area contributed by atoms with E-state index >= 15 is 0 Å². The number of carbonyl (C=O) groups excluding carboxylic acids is 1. The number of nitrogens with zero attached hydrogens (tertiary/aromatic N) is 2. The monoisotopic (exact) mass is 302 g/mol. The number of hydrogen-bond donors (Lipinski definition) is 1. The van der Waals surface area contributed by atoms with Crippen molar-refractivity contribution in [1.82, 2.24) is 4.90 Å². The second kappa shape index (κ2) is 5.48. The SMILES string of the molecule is CC1=Nc2ccc(O)c(=CN(C)C)c2=C1C(=O)OC(C)(C)C. The van der Waals surface area contributed by atoms with Gasteiger partial charge in [0.25, 0.3) is 0 Å². The average Bonchev–Trinajstić information content (AvgIpc) is 2.67. The van der Waals surface area contributed by atoms with Crippen molar-refractivity contribution in [3.63, 3.8) is 0 Å². The molecule has 0 atom stereocenters. The second-order valence-electron chi connectivity index (χ2n) is 6.56. The lowest BCUT2D eigenvalue weighted by molar-refractivity contribution is -0.147. The van der Waals surface area contributed by atoms with Crippen molar-refractivity contribution in [2.75, 3.05) is 14.1 Å². The van der Waals surface area contributed by atoms with Gasteiger partial charge in [0.2, 0.25) is 0 Å². The molecule has 0 amide bonds. The molecule has 0 bridgehead atoms. The van der Waals surface area contributed by atoms with E-state index in [9.17, 15) is 9.90 Å². The first-order valence-electron chi connectivity index (χ1n) is 7.14. The molecular formula is C17H22N2O3. The van der Waals surface area contributed by atoms with Crippen molar-refractivity contribution in [1.29, 1.82) is 0 Å². The summed E-state index contributed by atoms with van der Waals surface area (Å²) < 4.78 is 5.48. The molecular weight excluding hydrogens is 280 g/mol. The Kier molecular flexibility index (Phi) is 4.00. The molecule has 0 radical (unpaired) electrons. The molecule has 1 aromatic rings. The molecule has 1 aliphatic heterocycles. The fraction of sp³-hybridized carbons (Fsp3) is 0.412. The van der Waals surface area contributed by atoms with Gasteiger partial charge in [0.15, 0.2) is 0 Å². The van der Waals surface area contributed by atoms with Crippen molar-refractivity contribution in [3.8, 4) is 5.75 Å². The molecule has 0 fully saturated rings. The predicted octanol–water partition coefficient (Wildman–Crippen LogP) is 1.29. The number of aliphatic imine (C=N–C) groups is 1. The van der Waals surface area contributed by atoms with E-state index in [1.165, 1.54) is 0 Å². The number of aromatic hydroxyl groups is 1. The van der Waals surface area contributed by atoms with Crippen LogP contribution in [0.25, 0.3) is 11.8 Å². The molecule has 1 aliphatic rings. The van der Waals surface area contributed by atoms with Gasteiger partial charge in [-0.15, -0.1) is 0 Å². The van der Waals surface area contributed by atoms with Crippen LogP contribution in [0.2, 0.25) is 0 Å². The quantitative estimate of drug-likeness (QED) is 0.836. The first-order valence-corrected chi connectivity index (χ1v) is 7.14. The largest absolute Gasteiger partial charge is 0.507 e. The van der Waals surface area contributed by atoms with E-state index in [1.54, 1.807) is 25.3 Å². The number of fused-ring (bicyclic) bond motifs is 1. The van der Waals surface area contributed by atoms with E-state index in [4.69, 9.17) is 4.74 Å². The summed E-state index contributed by atoms with van der Waals surface area (Å²) in [6.07, 6.45) is 1.77. The van der Waals surface area contributed by atoms with Crippen LogP contribution in [-0.4, -0.2) is 41.4 Å². The predicted molar refractivity (Wildman–Crippen MR) is 87.5 cm³/mol. The number of phenols is 1. The molecule has 1 N–H and O–H groups in total. The lowest BCUT2D eigenvalue weighted by Crippen LogP contribution is -2.34. The van der Waals surface area contributed by atoms with Crippen LogP contribution < -0.4 is 10.4 Å². The number of carbonyl (C=O) groups is 1. The summed E-state index contributed by atoms with van der Waals surface area (Å²) in [7, 11) is 3.71. The van der Waals surface area contributed by atoms with Crippen molar-refractivity contribution in [3.05, 3.63) is 22.6 Å². The average molecular weight is 302 g/mol. The first kappa shape index (κ1) is 16.1. The van der Waals surface area contributed by atoms with Gasteiger partial charge in [-0.05, 0) is 39.8 Å². The van der Waals surface area contributed by atoms with E-state index in [0.717, 1.165) is 0 Å². The molecule has 118 valence electrons. The lowest BCUT2D eigenvalue weighted by Gasteiger charge is -2.20. The lowest BCUT2D eigenvalue weighted by atomic mass is 10.1. The minimum Gasteiger partial charge on any atom is -0.507 e. The number of rotatable bonds is 2. The molecule has 0 aliphatic carbocycles. The van der Waals surface area contributed by atoms with Gasteiger partial charge >= 0.3 is 5.97 Å². The Morgan fingerprint density at radius 1 is 1.32 bits per heavy atom. The van der Waals surface area contributed by atoms with Crippen LogP contribution in [0, 0.1) is 0 Å². The summed E-state index contributed by atoms with van der Waals surface area (Å²) in [5.74, 6) is -0.315. The van der Waals surface area contributed by atoms with E-state index in [0.29, 0.717) is 27.4 Å². The molecule has 0 unspecified atom stereocenters. The summed E-state index contributed by atoms with van der Waals surface area (Å²) in [4.78, 5) is 18.8. The highest BCUT2D eigenvalue weighted by Crippen LogP contribution is 2.20. The Balaban J connectivity index is 2.78. The zero-order valence-corrected chi connectivity index (χ0v) is 13.9. The zero-order chi connectivity index (χ0) is 16.7. The van der Waals surface area contributed by atoms with Gasteiger partial charge in [0.1, 0.15) is 11.4 Å². The Hall–Kier alpha value is -2.30. The van der Waals surface area contributed by atoms with Gasteiger partial charge in [-0.3, -0.25) is 4.99 Å². The molecule has 0 aromatic heterocycles. The normalized spacial score (nSPS) is 14.7. The van der Waals surface area contributed by atoms with Crippen LogP contribution in [0.1, 0.15) is 27.7 Å². The Bertz CT molecular complexity index is 768. The number of hydrogen-bond acceptors (Lipinski definition) is 5. The summed E-state index contributed by atoms with van der Waals surface area (Å²) in [6, 6.07) is 3.29. The van der Waals surface area contributed by atoms with Crippen LogP contribution >= 0.6 is 0 Å². The zero-order valence-electron chi connectivity index (χ0n) is 13.9. The molecule has 2 rings (SSSR count). The highest BCUT2D eigenvalue weighted by atomic mass is 16.6. The summed E-state index contributed by atoms with van der Waals surface area (Å²) in [5, 5.41) is 11.4. The second-order valence-corrected chi connectivity index (χ2v) is 6.56. The van der Waals surface area contributed by atoms with Crippen molar-refractivity contribution in [2.24, 2.45) is 4.99 Å². The van der Waals surface area contributed by atoms with Crippen LogP contribution in [0.5, 0.6) is 5.75 Å². The molecule has 1 heterocycles. The Labute approximate surface area is 130 Å². The van der Waals surface area contributed by atoms with Crippen LogP contribution in [0.15, 0.2) is 17.1 Å². The van der Waals surface area contributed by atoms with Gasteiger partial charge in [-0.2, -0.15) is 0 Å². The number of ether oxygens (including phenoxy) is 1. The third-order valence-electron chi connectivity index (χ3n) is 3.09. The van der Waals surface area contributed by atoms with Gasteiger partial charge in [0.05, 0.1) is 17.0 Å². The topological polar surface area (TPSA) is 62.1 Å². The highest BCUT2D eigenvalue weighted by Gasteiger charge is 2.26. The maximum absolute atomic E-state index is 12.5. The van der Waals surface area contributed by atoms with Crippen LogP contribution in [-0.2, 0) is 9.53 Å². The third kappa shape index (κ3) is 3.13. The first-order chi connectivity index (χ1) is 10.1. The third-order valence-corrected chi connectivity index (χ3v) is 3.09. The molecule has 5 heteroatoms. The van der Waals surface area contributed by atoms with E-state index in [1.807, 2.05) is 39.8 Å². The van der Waals surface area contributed by atoms with E-state index in [-0.39, 0.29) is 5.75 Å². The molecule has 0 saturated heterocycles. The fourth-order valence-electron chi connectivity index (χ4n) is 2.34. The Morgan fingerprint density at radius 3 is 2.50 bits per heavy atom. The van der Waals surface area contributed by atoms with Gasteiger partial charge in [0, 0.05) is 30.7 Å². The molecule has 0 saturated carbocycles. The minimum absolute atomic E-state index is 0.110. The maximum Gasteiger partial charge on any atom is 0.341 e. The molecule has 22 heavy (non-hydrogen) atoms. The Morgan fingerprint density at radius 2 is 1.95 bits per heavy atom. The molecule has 1 aromatic carbocycles. The van der Waals surface area contributed by atoms with Crippen LogP contribution in [0.4, 0.5) is 5.69 Å². The number of phenolic OH excluding ortho intramolecular Hbond substituents is 1. The summed E-state index contributed by atoms with van der Waals surface area (Å²) in [6.45, 7) is 7.24. The number of esters is 1. The summed E-state index contributed by atoms with van der Waals surface area (Å²) >= 11 is 0. The smallest absolute Gasteiger partial charge is 0.341 e. The van der Waals surface area contributed by atoms with Crippen molar-refractivity contribution in [2.45, 2.75) is 33.3 Å². The van der Waals surface area contributed by atoms with Crippen molar-refractivity contribution >= 4 is 29.1 Å². The van der Waals surface area contributed by atoms with E-state index in [2.05, 4.69) is 4.99 Å². The van der Waals surface area contributed by atoms with Crippen molar-refractivity contribution < 1.29 is 14.6 Å². The van der Waals surface area contributed by atoms with Gasteiger partial charge < -0.3 is 14.7 Å².